The Morgan fingerprint density at radius 2 is 1.72 bits per heavy atom. The molecule has 1 aromatic heterocycles. The van der Waals surface area contributed by atoms with Gasteiger partial charge >= 0.3 is 10.8 Å². The summed E-state index contributed by atoms with van der Waals surface area (Å²) in [6, 6.07) is 17.6. The summed E-state index contributed by atoms with van der Waals surface area (Å²) in [7, 11) is 0. The van der Waals surface area contributed by atoms with Crippen molar-refractivity contribution in [2.24, 2.45) is 29.6 Å². The van der Waals surface area contributed by atoms with E-state index in [-0.39, 0.29) is 64.6 Å². The highest BCUT2D eigenvalue weighted by molar-refractivity contribution is 8.00. The summed E-state index contributed by atoms with van der Waals surface area (Å²) in [4.78, 5) is 70.9. The van der Waals surface area contributed by atoms with Crippen LogP contribution in [0.25, 0.3) is 0 Å². The van der Waals surface area contributed by atoms with Gasteiger partial charge in [-0.05, 0) is 97.8 Å². The summed E-state index contributed by atoms with van der Waals surface area (Å²) in [5.41, 5.74) is 1.94. The minimum atomic E-state index is -0.543. The van der Waals surface area contributed by atoms with Gasteiger partial charge in [-0.15, -0.1) is 11.8 Å². The number of nitrogens with zero attached hydrogens (tertiary/aromatic N) is 1. The monoisotopic (exact) mass is 731 g/mol. The van der Waals surface area contributed by atoms with Gasteiger partial charge in [0.05, 0.1) is 34.7 Å². The van der Waals surface area contributed by atoms with E-state index in [0.29, 0.717) is 39.7 Å². The van der Waals surface area contributed by atoms with Gasteiger partial charge in [-0.1, -0.05) is 22.9 Å². The van der Waals surface area contributed by atoms with E-state index in [4.69, 9.17) is 21.1 Å². The molecule has 14 heteroatoms. The highest BCUT2D eigenvalue weighted by Gasteiger charge is 2.70. The van der Waals surface area contributed by atoms with E-state index in [1.54, 1.807) is 73.3 Å². The molecule has 0 radical (unpaired) electrons. The third-order valence-electron chi connectivity index (χ3n) is 10.2. The van der Waals surface area contributed by atoms with Crippen LogP contribution < -0.4 is 19.8 Å². The first-order chi connectivity index (χ1) is 24.1. The molecule has 0 spiro atoms. The van der Waals surface area contributed by atoms with Gasteiger partial charge in [0, 0.05) is 32.3 Å². The first-order valence-corrected chi connectivity index (χ1v) is 18.3. The molecule has 256 valence electrons. The SMILES string of the molecule is CCOC(=O)c1ccc(N2C(=O)C3C(C2=O)[C@@H]2C[C@H]3C3Sc4[nH]c(=O)sc4[C@H](c4cc(Cl)ccc4OCC(=O)Nc4ccc(O)cc4)C32)cc1. The number of halogens is 1. The Labute approximate surface area is 298 Å². The number of carbonyl (C=O) groups excluding carboxylic acids is 4. The molecule has 3 aromatic carbocycles. The van der Waals surface area contributed by atoms with Crippen LogP contribution in [0.1, 0.15) is 40.1 Å². The van der Waals surface area contributed by atoms with Crippen LogP contribution in [0.4, 0.5) is 11.4 Å². The maximum absolute atomic E-state index is 14.2. The van der Waals surface area contributed by atoms with Gasteiger partial charge in [-0.3, -0.25) is 24.1 Å². The molecule has 8 rings (SSSR count). The number of amides is 3. The van der Waals surface area contributed by atoms with Crippen molar-refractivity contribution in [1.29, 1.82) is 0 Å². The highest BCUT2D eigenvalue weighted by atomic mass is 35.5. The van der Waals surface area contributed by atoms with Crippen LogP contribution >= 0.6 is 34.7 Å². The Hall–Kier alpha value is -4.59. The number of rotatable bonds is 8. The number of phenols is 1. The van der Waals surface area contributed by atoms with E-state index in [0.717, 1.165) is 21.2 Å². The van der Waals surface area contributed by atoms with Crippen molar-refractivity contribution in [3.05, 3.63) is 97.4 Å². The van der Waals surface area contributed by atoms with Gasteiger partial charge in [-0.2, -0.15) is 0 Å². The number of carbonyl (C=O) groups is 4. The second-order valence-electron chi connectivity index (χ2n) is 12.8. The molecule has 4 aromatic rings. The number of benzene rings is 3. The number of aromatic amines is 1. The number of ether oxygens (including phenoxy) is 2. The van der Waals surface area contributed by atoms with Crippen molar-refractivity contribution in [2.45, 2.75) is 29.5 Å². The lowest BCUT2D eigenvalue weighted by Crippen LogP contribution is -2.42. The second-order valence-corrected chi connectivity index (χ2v) is 15.4. The molecule has 2 bridgehead atoms. The number of hydrogen-bond donors (Lipinski definition) is 3. The van der Waals surface area contributed by atoms with E-state index in [1.165, 1.54) is 17.0 Å². The zero-order chi connectivity index (χ0) is 34.8. The molecule has 2 aliphatic carbocycles. The highest BCUT2D eigenvalue weighted by Crippen LogP contribution is 2.69. The largest absolute Gasteiger partial charge is 0.508 e. The van der Waals surface area contributed by atoms with E-state index in [1.807, 2.05) is 0 Å². The fourth-order valence-electron chi connectivity index (χ4n) is 8.36. The summed E-state index contributed by atoms with van der Waals surface area (Å²) in [6.45, 7) is 1.64. The average Bonchev–Trinajstić information content (AvgIpc) is 3.84. The van der Waals surface area contributed by atoms with Crippen LogP contribution in [0.15, 0.2) is 76.6 Å². The predicted octanol–water partition coefficient (Wildman–Crippen LogP) is 5.67. The molecule has 7 atom stereocenters. The molecule has 11 nitrogen and oxygen atoms in total. The number of aromatic nitrogens is 1. The Kier molecular flexibility index (Phi) is 8.23. The van der Waals surface area contributed by atoms with Gasteiger partial charge in [0.15, 0.2) is 6.61 Å². The van der Waals surface area contributed by atoms with Gasteiger partial charge < -0.3 is 24.9 Å². The van der Waals surface area contributed by atoms with Crippen molar-refractivity contribution >= 4 is 69.8 Å². The van der Waals surface area contributed by atoms with Crippen LogP contribution in [-0.2, 0) is 19.1 Å². The van der Waals surface area contributed by atoms with Crippen molar-refractivity contribution in [3.63, 3.8) is 0 Å². The van der Waals surface area contributed by atoms with Gasteiger partial charge in [-0.25, -0.2) is 4.79 Å². The molecule has 4 unspecified atom stereocenters. The zero-order valence-electron chi connectivity index (χ0n) is 26.5. The van der Waals surface area contributed by atoms with Crippen LogP contribution in [-0.4, -0.2) is 52.2 Å². The Bertz CT molecular complexity index is 2100. The summed E-state index contributed by atoms with van der Waals surface area (Å²) >= 11 is 9.26. The number of anilines is 2. The van der Waals surface area contributed by atoms with Gasteiger partial charge in [0.2, 0.25) is 11.8 Å². The smallest absolute Gasteiger partial charge is 0.338 e. The first kappa shape index (κ1) is 32.6. The lowest BCUT2D eigenvalue weighted by atomic mass is 9.68. The van der Waals surface area contributed by atoms with E-state index >= 15 is 0 Å². The maximum Gasteiger partial charge on any atom is 0.338 e. The normalized spacial score (nSPS) is 26.0. The maximum atomic E-state index is 14.2. The fraction of sp³-hybridized carbons (Fsp3) is 0.306. The number of thiazole rings is 1. The number of nitrogens with one attached hydrogen (secondary N) is 2. The Morgan fingerprint density at radius 3 is 2.44 bits per heavy atom. The number of esters is 1. The molecular weight excluding hydrogens is 702 g/mol. The van der Waals surface area contributed by atoms with Crippen molar-refractivity contribution < 1.29 is 33.8 Å². The predicted molar refractivity (Wildman–Crippen MR) is 187 cm³/mol. The van der Waals surface area contributed by atoms with Crippen LogP contribution in [0, 0.1) is 29.6 Å². The molecule has 50 heavy (non-hydrogen) atoms. The quantitative estimate of drug-likeness (QED) is 0.118. The molecular formula is C36H30ClN3O8S2. The minimum absolute atomic E-state index is 0.0727. The molecule has 2 aliphatic heterocycles. The Balaban J connectivity index is 1.11. The third kappa shape index (κ3) is 5.39. The lowest BCUT2D eigenvalue weighted by molar-refractivity contribution is -0.123. The number of fused-ring (bicyclic) bond motifs is 9. The lowest BCUT2D eigenvalue weighted by Gasteiger charge is -2.43. The van der Waals surface area contributed by atoms with E-state index in [9.17, 15) is 29.1 Å². The second kappa shape index (κ2) is 12.6. The van der Waals surface area contributed by atoms with Crippen molar-refractivity contribution in [2.75, 3.05) is 23.4 Å². The van der Waals surface area contributed by atoms with Crippen molar-refractivity contribution in [1.82, 2.24) is 4.98 Å². The zero-order valence-corrected chi connectivity index (χ0v) is 28.8. The number of hydrogen-bond acceptors (Lipinski definition) is 10. The van der Waals surface area contributed by atoms with Crippen LogP contribution in [0.5, 0.6) is 11.5 Å². The topological polar surface area (TPSA) is 155 Å². The average molecular weight is 732 g/mol. The van der Waals surface area contributed by atoms with Crippen LogP contribution in [0.2, 0.25) is 5.02 Å². The molecule has 3 fully saturated rings. The number of H-pyrrole nitrogens is 1. The van der Waals surface area contributed by atoms with Crippen molar-refractivity contribution in [3.8, 4) is 11.5 Å². The molecule has 3 amide bonds. The number of imide groups is 1. The molecule has 2 saturated carbocycles. The number of aromatic hydroxyl groups is 1. The summed E-state index contributed by atoms with van der Waals surface area (Å²) in [6.07, 6.45) is 0.687. The summed E-state index contributed by atoms with van der Waals surface area (Å²) < 4.78 is 11.2. The van der Waals surface area contributed by atoms with Gasteiger partial charge in [0.25, 0.3) is 5.91 Å². The van der Waals surface area contributed by atoms with Gasteiger partial charge in [0.1, 0.15) is 11.5 Å². The molecule has 3 N–H and O–H groups in total. The van der Waals surface area contributed by atoms with Crippen LogP contribution in [0.3, 0.4) is 0 Å². The standard InChI is InChI=1S/C36H30ClN3O8S2/c1-2-47-35(45)16-3-8-19(9-4-16)40-33(43)28-22-14-23(29(28)34(40)44)30-27(22)26(31-32(49-30)39-36(46)50-31)21-13-17(37)5-12-24(21)48-15-25(42)38-18-6-10-20(41)11-7-18/h3-13,22-23,26-30,41H,2,14-15H2,1H3,(H,38,42)(H,39,46)/t22-,23-,26-,27?,28?,29?,30?/m1/s1. The van der Waals surface area contributed by atoms with E-state index in [2.05, 4.69) is 10.3 Å². The number of phenolic OH excluding ortho intramolecular Hbond substituents is 1. The van der Waals surface area contributed by atoms with E-state index < -0.39 is 23.7 Å². The Morgan fingerprint density at radius 1 is 1.00 bits per heavy atom. The summed E-state index contributed by atoms with van der Waals surface area (Å²) in [5, 5.41) is 13.4. The minimum Gasteiger partial charge on any atom is -0.508 e. The molecule has 3 heterocycles. The first-order valence-electron chi connectivity index (χ1n) is 16.2. The third-order valence-corrected chi connectivity index (χ3v) is 13.0. The number of thioether (sulfide) groups is 1. The molecule has 1 saturated heterocycles. The molecule has 4 aliphatic rings. The fourth-order valence-corrected chi connectivity index (χ4v) is 11.4. The summed E-state index contributed by atoms with van der Waals surface area (Å²) in [5.74, 6) is -2.73.